The maximum Gasteiger partial charge on any atom is 0.263 e. The van der Waals surface area contributed by atoms with E-state index in [1.165, 1.54) is 17.3 Å². The first-order chi connectivity index (χ1) is 13.3. The Labute approximate surface area is 165 Å². The third kappa shape index (κ3) is 3.35. The Morgan fingerprint density at radius 1 is 1.07 bits per heavy atom. The van der Waals surface area contributed by atoms with Crippen molar-refractivity contribution in [2.75, 3.05) is 16.2 Å². The van der Waals surface area contributed by atoms with Crippen LogP contribution in [0.4, 0.5) is 11.5 Å². The van der Waals surface area contributed by atoms with Gasteiger partial charge < -0.3 is 4.90 Å². The molecule has 0 atom stereocenters. The highest BCUT2D eigenvalue weighted by Crippen LogP contribution is 2.25. The fourth-order valence-corrected chi connectivity index (χ4v) is 4.65. The second kappa shape index (κ2) is 6.94. The molecule has 8 heteroatoms. The van der Waals surface area contributed by atoms with Crippen LogP contribution in [0, 0.1) is 13.8 Å². The van der Waals surface area contributed by atoms with Crippen LogP contribution in [0.25, 0.3) is 0 Å². The van der Waals surface area contributed by atoms with Gasteiger partial charge in [-0.25, -0.2) is 13.4 Å². The lowest BCUT2D eigenvalue weighted by Crippen LogP contribution is -2.31. The summed E-state index contributed by atoms with van der Waals surface area (Å²) in [6.45, 7) is 5.25. The van der Waals surface area contributed by atoms with E-state index < -0.39 is 10.0 Å². The largest absolute Gasteiger partial charge is 0.352 e. The van der Waals surface area contributed by atoms with Gasteiger partial charge in [0.2, 0.25) is 0 Å². The molecule has 0 unspecified atom stereocenters. The monoisotopic (exact) mass is 397 g/mol. The lowest BCUT2D eigenvalue weighted by molar-refractivity contribution is 0.600. The van der Waals surface area contributed by atoms with Crippen molar-refractivity contribution < 1.29 is 8.42 Å². The molecule has 28 heavy (non-hydrogen) atoms. The summed E-state index contributed by atoms with van der Waals surface area (Å²) in [5.41, 5.74) is 4.57. The Kier molecular flexibility index (Phi) is 4.58. The summed E-state index contributed by atoms with van der Waals surface area (Å²) in [6, 6.07) is 11.8. The lowest BCUT2D eigenvalue weighted by atomic mass is 10.00. The standard InChI is InChI=1S/C20H23N5O2S/c1-14-20(15(2)24(3)22-14)23-28(26,27)18-8-9-19(21-12-18)25-11-10-16-6-4-5-7-17(16)13-25/h4-9,12,23H,10-11,13H2,1-3H3. The molecule has 0 aliphatic carbocycles. The molecule has 1 aliphatic rings. The quantitative estimate of drug-likeness (QED) is 0.732. The van der Waals surface area contributed by atoms with E-state index in [-0.39, 0.29) is 4.90 Å². The predicted octanol–water partition coefficient (Wildman–Crippen LogP) is 2.80. The molecule has 0 saturated carbocycles. The van der Waals surface area contributed by atoms with Crippen LogP contribution in [0.3, 0.4) is 0 Å². The van der Waals surface area contributed by atoms with Gasteiger partial charge in [0.1, 0.15) is 10.7 Å². The van der Waals surface area contributed by atoms with Crippen molar-refractivity contribution in [1.82, 2.24) is 14.8 Å². The minimum absolute atomic E-state index is 0.135. The van der Waals surface area contributed by atoms with Crippen molar-refractivity contribution in [3.8, 4) is 0 Å². The van der Waals surface area contributed by atoms with Crippen LogP contribution in [0.15, 0.2) is 47.5 Å². The van der Waals surface area contributed by atoms with Gasteiger partial charge in [0.15, 0.2) is 0 Å². The van der Waals surface area contributed by atoms with Crippen LogP contribution in [-0.4, -0.2) is 29.7 Å². The van der Waals surface area contributed by atoms with Crippen LogP contribution in [0.5, 0.6) is 0 Å². The Hall–Kier alpha value is -2.87. The number of aromatic nitrogens is 3. The molecule has 7 nitrogen and oxygen atoms in total. The number of sulfonamides is 1. The lowest BCUT2D eigenvalue weighted by Gasteiger charge is -2.29. The number of hydrogen-bond donors (Lipinski definition) is 1. The zero-order valence-corrected chi connectivity index (χ0v) is 17.0. The molecule has 1 aliphatic heterocycles. The predicted molar refractivity (Wildman–Crippen MR) is 109 cm³/mol. The highest BCUT2D eigenvalue weighted by Gasteiger charge is 2.21. The summed E-state index contributed by atoms with van der Waals surface area (Å²) < 4.78 is 29.8. The Bertz CT molecular complexity index is 1120. The minimum Gasteiger partial charge on any atom is -0.352 e. The first-order valence-electron chi connectivity index (χ1n) is 9.16. The number of benzene rings is 1. The SMILES string of the molecule is Cc1nn(C)c(C)c1NS(=O)(=O)c1ccc(N2CCc3ccccc3C2)nc1. The zero-order valence-electron chi connectivity index (χ0n) is 16.2. The van der Waals surface area contributed by atoms with E-state index in [9.17, 15) is 8.42 Å². The van der Waals surface area contributed by atoms with Crippen molar-refractivity contribution in [2.24, 2.45) is 7.05 Å². The third-order valence-electron chi connectivity index (χ3n) is 5.23. The van der Waals surface area contributed by atoms with Gasteiger partial charge in [-0.3, -0.25) is 9.40 Å². The molecule has 0 fully saturated rings. The third-order valence-corrected chi connectivity index (χ3v) is 6.57. The molecular weight excluding hydrogens is 374 g/mol. The highest BCUT2D eigenvalue weighted by molar-refractivity contribution is 7.92. The fraction of sp³-hybridized carbons (Fsp3) is 0.300. The van der Waals surface area contributed by atoms with E-state index in [0.717, 1.165) is 31.0 Å². The van der Waals surface area contributed by atoms with Crippen molar-refractivity contribution in [1.29, 1.82) is 0 Å². The van der Waals surface area contributed by atoms with E-state index in [2.05, 4.69) is 37.9 Å². The normalized spacial score (nSPS) is 14.0. The minimum atomic E-state index is -3.73. The molecule has 3 heterocycles. The molecule has 0 amide bonds. The van der Waals surface area contributed by atoms with Crippen LogP contribution >= 0.6 is 0 Å². The van der Waals surface area contributed by atoms with E-state index in [4.69, 9.17) is 0 Å². The number of nitrogens with zero attached hydrogens (tertiary/aromatic N) is 4. The molecule has 146 valence electrons. The maximum absolute atomic E-state index is 12.8. The number of fused-ring (bicyclic) bond motifs is 1. The van der Waals surface area contributed by atoms with Crippen LogP contribution in [-0.2, 0) is 30.0 Å². The molecule has 1 aromatic carbocycles. The first kappa shape index (κ1) is 18.5. The maximum atomic E-state index is 12.8. The summed E-state index contributed by atoms with van der Waals surface area (Å²) >= 11 is 0. The average Bonchev–Trinajstić information content (AvgIpc) is 2.93. The Balaban J connectivity index is 1.54. The molecule has 0 saturated heterocycles. The van der Waals surface area contributed by atoms with Gasteiger partial charge in [-0.05, 0) is 43.5 Å². The second-order valence-electron chi connectivity index (χ2n) is 7.07. The van der Waals surface area contributed by atoms with Gasteiger partial charge in [0.25, 0.3) is 10.0 Å². The van der Waals surface area contributed by atoms with Crippen LogP contribution < -0.4 is 9.62 Å². The number of hydrogen-bond acceptors (Lipinski definition) is 5. The summed E-state index contributed by atoms with van der Waals surface area (Å²) in [4.78, 5) is 6.72. The van der Waals surface area contributed by atoms with Gasteiger partial charge in [0, 0.05) is 26.3 Å². The number of rotatable bonds is 4. The number of pyridine rings is 1. The Morgan fingerprint density at radius 2 is 1.82 bits per heavy atom. The van der Waals surface area contributed by atoms with Crippen molar-refractivity contribution in [3.05, 3.63) is 65.1 Å². The first-order valence-corrected chi connectivity index (χ1v) is 10.6. The number of anilines is 2. The summed E-state index contributed by atoms with van der Waals surface area (Å²) in [5.74, 6) is 0.780. The van der Waals surface area contributed by atoms with E-state index in [1.807, 2.05) is 13.0 Å². The Morgan fingerprint density at radius 3 is 2.46 bits per heavy atom. The van der Waals surface area contributed by atoms with Crippen molar-refractivity contribution in [3.63, 3.8) is 0 Å². The number of aryl methyl sites for hydroxylation is 2. The van der Waals surface area contributed by atoms with Crippen molar-refractivity contribution in [2.45, 2.75) is 31.7 Å². The average molecular weight is 398 g/mol. The molecule has 3 aromatic rings. The van der Waals surface area contributed by atoms with Crippen molar-refractivity contribution >= 4 is 21.5 Å². The molecule has 1 N–H and O–H groups in total. The molecular formula is C20H23N5O2S. The van der Waals surface area contributed by atoms with Gasteiger partial charge in [-0.15, -0.1) is 0 Å². The van der Waals surface area contributed by atoms with E-state index in [1.54, 1.807) is 30.8 Å². The second-order valence-corrected chi connectivity index (χ2v) is 8.75. The molecule has 4 rings (SSSR count). The van der Waals surface area contributed by atoms with E-state index in [0.29, 0.717) is 11.4 Å². The topological polar surface area (TPSA) is 80.1 Å². The summed E-state index contributed by atoms with van der Waals surface area (Å²) in [6.07, 6.45) is 2.37. The molecule has 0 bridgehead atoms. The van der Waals surface area contributed by atoms with Gasteiger partial charge in [-0.2, -0.15) is 5.10 Å². The molecule has 0 spiro atoms. The highest BCUT2D eigenvalue weighted by atomic mass is 32.2. The van der Waals surface area contributed by atoms with Crippen LogP contribution in [0.2, 0.25) is 0 Å². The summed E-state index contributed by atoms with van der Waals surface area (Å²) in [7, 11) is -1.94. The van der Waals surface area contributed by atoms with E-state index >= 15 is 0 Å². The summed E-state index contributed by atoms with van der Waals surface area (Å²) in [5, 5.41) is 4.25. The zero-order chi connectivity index (χ0) is 19.9. The van der Waals surface area contributed by atoms with Gasteiger partial charge in [-0.1, -0.05) is 24.3 Å². The van der Waals surface area contributed by atoms with Gasteiger partial charge >= 0.3 is 0 Å². The molecule has 2 aromatic heterocycles. The van der Waals surface area contributed by atoms with Gasteiger partial charge in [0.05, 0.1) is 17.1 Å². The van der Waals surface area contributed by atoms with Crippen LogP contribution in [0.1, 0.15) is 22.5 Å². The smallest absolute Gasteiger partial charge is 0.263 e. The fourth-order valence-electron chi connectivity index (χ4n) is 3.52. The number of nitrogens with one attached hydrogen (secondary N) is 1. The molecule has 0 radical (unpaired) electrons.